The molecule has 0 unspecified atom stereocenters. The van der Waals surface area contributed by atoms with Crippen molar-refractivity contribution in [3.05, 3.63) is 58.7 Å². The van der Waals surface area contributed by atoms with Crippen LogP contribution in [0.15, 0.2) is 47.3 Å². The largest absolute Gasteiger partial charge is 0.283 e. The average molecular weight is 289 g/mol. The highest BCUT2D eigenvalue weighted by Crippen LogP contribution is 2.18. The molecule has 0 saturated heterocycles. The minimum Gasteiger partial charge on any atom is -0.283 e. The van der Waals surface area contributed by atoms with Crippen LogP contribution in [-0.4, -0.2) is 19.6 Å². The van der Waals surface area contributed by atoms with Crippen LogP contribution in [0, 0.1) is 0 Å². The van der Waals surface area contributed by atoms with Crippen LogP contribution in [0.25, 0.3) is 5.65 Å². The van der Waals surface area contributed by atoms with E-state index >= 15 is 0 Å². The molecule has 0 N–H and O–H groups in total. The summed E-state index contributed by atoms with van der Waals surface area (Å²) in [5.74, 6) is 0.911. The highest BCUT2D eigenvalue weighted by Gasteiger charge is 2.07. The second kappa shape index (κ2) is 4.25. The number of benzene rings is 1. The van der Waals surface area contributed by atoms with Gasteiger partial charge in [0.05, 0.1) is 6.20 Å². The lowest BCUT2D eigenvalue weighted by Crippen LogP contribution is -1.97. The molecule has 0 aliphatic rings. The summed E-state index contributed by atoms with van der Waals surface area (Å²) < 4.78 is 3.04. The van der Waals surface area contributed by atoms with Crippen LogP contribution in [0.5, 0.6) is 0 Å². The summed E-state index contributed by atoms with van der Waals surface area (Å²) in [5, 5.41) is 8.26. The molecule has 2 aromatic heterocycles. The van der Waals surface area contributed by atoms with Gasteiger partial charge < -0.3 is 0 Å². The molecule has 0 saturated carbocycles. The standard InChI is InChI=1S/C12H9BrN4/c13-10-4-2-1-3-9(10)7-11-15-16-12-8-14-5-6-17(11)12/h1-6,8H,7H2. The maximum atomic E-state index is 4.18. The van der Waals surface area contributed by atoms with E-state index in [9.17, 15) is 0 Å². The van der Waals surface area contributed by atoms with E-state index in [2.05, 4.69) is 37.2 Å². The van der Waals surface area contributed by atoms with Gasteiger partial charge in [0.25, 0.3) is 0 Å². The number of nitrogens with zero attached hydrogens (tertiary/aromatic N) is 4. The van der Waals surface area contributed by atoms with Crippen molar-refractivity contribution in [2.24, 2.45) is 0 Å². The van der Waals surface area contributed by atoms with Gasteiger partial charge >= 0.3 is 0 Å². The molecule has 0 radical (unpaired) electrons. The molecule has 5 heteroatoms. The first-order valence-corrected chi connectivity index (χ1v) is 6.01. The molecule has 0 aliphatic carbocycles. The van der Waals surface area contributed by atoms with E-state index in [1.54, 1.807) is 12.4 Å². The fraction of sp³-hybridized carbons (Fsp3) is 0.0833. The highest BCUT2D eigenvalue weighted by molar-refractivity contribution is 9.10. The lowest BCUT2D eigenvalue weighted by Gasteiger charge is -2.02. The predicted molar refractivity (Wildman–Crippen MR) is 67.7 cm³/mol. The van der Waals surface area contributed by atoms with E-state index in [4.69, 9.17) is 0 Å². The summed E-state index contributed by atoms with van der Waals surface area (Å²) in [5.41, 5.74) is 1.97. The van der Waals surface area contributed by atoms with Crippen LogP contribution >= 0.6 is 15.9 Å². The summed E-state index contributed by atoms with van der Waals surface area (Å²) in [7, 11) is 0. The summed E-state index contributed by atoms with van der Waals surface area (Å²) in [6.45, 7) is 0. The van der Waals surface area contributed by atoms with Crippen molar-refractivity contribution in [3.8, 4) is 0 Å². The van der Waals surface area contributed by atoms with Crippen LogP contribution < -0.4 is 0 Å². The Morgan fingerprint density at radius 3 is 2.94 bits per heavy atom. The third-order valence-corrected chi connectivity index (χ3v) is 3.36. The number of aromatic nitrogens is 4. The van der Waals surface area contributed by atoms with Gasteiger partial charge in [-0.15, -0.1) is 10.2 Å². The molecule has 0 aliphatic heterocycles. The van der Waals surface area contributed by atoms with E-state index in [0.29, 0.717) is 0 Å². The van der Waals surface area contributed by atoms with Gasteiger partial charge in [0.15, 0.2) is 5.65 Å². The molecule has 84 valence electrons. The summed E-state index contributed by atoms with van der Waals surface area (Å²) in [6, 6.07) is 8.12. The van der Waals surface area contributed by atoms with E-state index in [1.165, 1.54) is 5.56 Å². The molecule has 0 spiro atoms. The van der Waals surface area contributed by atoms with Gasteiger partial charge in [-0.3, -0.25) is 9.38 Å². The lowest BCUT2D eigenvalue weighted by atomic mass is 10.1. The summed E-state index contributed by atoms with van der Waals surface area (Å²) in [4.78, 5) is 4.02. The molecule has 4 nitrogen and oxygen atoms in total. The van der Waals surface area contributed by atoms with Gasteiger partial charge in [-0.25, -0.2) is 0 Å². The zero-order valence-corrected chi connectivity index (χ0v) is 10.5. The number of hydrogen-bond donors (Lipinski definition) is 0. The third kappa shape index (κ3) is 1.93. The predicted octanol–water partition coefficient (Wildman–Crippen LogP) is 2.48. The van der Waals surface area contributed by atoms with Crippen molar-refractivity contribution in [2.45, 2.75) is 6.42 Å². The van der Waals surface area contributed by atoms with Crippen molar-refractivity contribution in [1.82, 2.24) is 19.6 Å². The van der Waals surface area contributed by atoms with E-state index in [0.717, 1.165) is 22.4 Å². The van der Waals surface area contributed by atoms with Crippen LogP contribution in [0.3, 0.4) is 0 Å². The average Bonchev–Trinajstić information content (AvgIpc) is 2.76. The zero-order valence-electron chi connectivity index (χ0n) is 8.92. The summed E-state index contributed by atoms with van der Waals surface area (Å²) in [6.07, 6.45) is 6.06. The fourth-order valence-electron chi connectivity index (χ4n) is 1.74. The van der Waals surface area contributed by atoms with Gasteiger partial charge in [0.2, 0.25) is 0 Å². The number of fused-ring (bicyclic) bond motifs is 1. The van der Waals surface area contributed by atoms with Crippen LogP contribution in [-0.2, 0) is 6.42 Å². The Bertz CT molecular complexity index is 662. The van der Waals surface area contributed by atoms with Crippen molar-refractivity contribution in [2.75, 3.05) is 0 Å². The van der Waals surface area contributed by atoms with E-state index in [1.807, 2.05) is 28.8 Å². The maximum absolute atomic E-state index is 4.18. The molecule has 3 aromatic rings. The van der Waals surface area contributed by atoms with Crippen molar-refractivity contribution >= 4 is 21.6 Å². The van der Waals surface area contributed by atoms with Crippen LogP contribution in [0.1, 0.15) is 11.4 Å². The molecule has 0 fully saturated rings. The number of halogens is 1. The lowest BCUT2D eigenvalue weighted by molar-refractivity contribution is 0.928. The monoisotopic (exact) mass is 288 g/mol. The topological polar surface area (TPSA) is 43.1 Å². The van der Waals surface area contributed by atoms with Crippen molar-refractivity contribution < 1.29 is 0 Å². The van der Waals surface area contributed by atoms with Gasteiger partial charge in [0, 0.05) is 23.3 Å². The molecular weight excluding hydrogens is 280 g/mol. The smallest absolute Gasteiger partial charge is 0.179 e. The molecule has 17 heavy (non-hydrogen) atoms. The van der Waals surface area contributed by atoms with Crippen molar-refractivity contribution in [1.29, 1.82) is 0 Å². The SMILES string of the molecule is Brc1ccccc1Cc1nnc2cnccn12. The maximum Gasteiger partial charge on any atom is 0.179 e. The molecule has 0 bridgehead atoms. The molecule has 1 aromatic carbocycles. The molecule has 3 rings (SSSR count). The first kappa shape index (κ1) is 10.4. The third-order valence-electron chi connectivity index (χ3n) is 2.59. The quantitative estimate of drug-likeness (QED) is 0.728. The van der Waals surface area contributed by atoms with Gasteiger partial charge in [-0.1, -0.05) is 34.1 Å². The second-order valence-corrected chi connectivity index (χ2v) is 4.54. The molecule has 2 heterocycles. The van der Waals surface area contributed by atoms with E-state index in [-0.39, 0.29) is 0 Å². The minimum atomic E-state index is 0.743. The molecular formula is C12H9BrN4. The van der Waals surface area contributed by atoms with Crippen LogP contribution in [0.4, 0.5) is 0 Å². The Balaban J connectivity index is 2.03. The zero-order chi connectivity index (χ0) is 11.7. The number of hydrogen-bond acceptors (Lipinski definition) is 3. The van der Waals surface area contributed by atoms with Gasteiger partial charge in [-0.05, 0) is 11.6 Å². The summed E-state index contributed by atoms with van der Waals surface area (Å²) >= 11 is 3.54. The van der Waals surface area contributed by atoms with Gasteiger partial charge in [0.1, 0.15) is 5.82 Å². The Morgan fingerprint density at radius 2 is 2.06 bits per heavy atom. The highest BCUT2D eigenvalue weighted by atomic mass is 79.9. The van der Waals surface area contributed by atoms with Gasteiger partial charge in [-0.2, -0.15) is 0 Å². The second-order valence-electron chi connectivity index (χ2n) is 3.69. The number of rotatable bonds is 2. The molecule has 0 amide bonds. The minimum absolute atomic E-state index is 0.743. The van der Waals surface area contributed by atoms with Crippen LogP contribution in [0.2, 0.25) is 0 Å². The van der Waals surface area contributed by atoms with Crippen molar-refractivity contribution in [3.63, 3.8) is 0 Å². The fourth-order valence-corrected chi connectivity index (χ4v) is 2.16. The Kier molecular flexibility index (Phi) is 2.60. The molecule has 0 atom stereocenters. The van der Waals surface area contributed by atoms with E-state index < -0.39 is 0 Å². The first-order valence-electron chi connectivity index (χ1n) is 5.21. The normalized spacial score (nSPS) is 10.9. The Labute approximate surface area is 106 Å². The Morgan fingerprint density at radius 1 is 1.18 bits per heavy atom. The first-order chi connectivity index (χ1) is 8.34. The Hall–Kier alpha value is -1.75.